The predicted octanol–water partition coefficient (Wildman–Crippen LogP) is 4.64. The van der Waals surface area contributed by atoms with Crippen molar-refractivity contribution < 1.29 is 0 Å². The van der Waals surface area contributed by atoms with Gasteiger partial charge in [0, 0.05) is 27.9 Å². The Hall–Kier alpha value is -0.840. The smallest absolute Gasteiger partial charge is 0.0507 e. The lowest BCUT2D eigenvalue weighted by atomic mass is 10.2. The van der Waals surface area contributed by atoms with Crippen LogP contribution in [0.15, 0.2) is 52.0 Å². The van der Waals surface area contributed by atoms with E-state index < -0.39 is 0 Å². The third-order valence-electron chi connectivity index (χ3n) is 2.85. The van der Waals surface area contributed by atoms with Gasteiger partial charge in [-0.3, -0.25) is 4.98 Å². The second-order valence-electron chi connectivity index (χ2n) is 4.58. The average molecular weight is 351 g/mol. The lowest BCUT2D eigenvalue weighted by Gasteiger charge is -2.05. The van der Waals surface area contributed by atoms with Crippen molar-refractivity contribution in [2.75, 3.05) is 6.54 Å². The Morgan fingerprint density at radius 3 is 2.60 bits per heavy atom. The molecule has 0 saturated carbocycles. The van der Waals surface area contributed by atoms with E-state index in [9.17, 15) is 0 Å². The molecule has 0 aliphatic rings. The lowest BCUT2D eigenvalue weighted by Crippen LogP contribution is -2.13. The second-order valence-corrected chi connectivity index (χ2v) is 6.54. The minimum absolute atomic E-state index is 0.903. The Morgan fingerprint density at radius 2 is 1.95 bits per heavy atom. The minimum Gasteiger partial charge on any atom is -0.313 e. The fraction of sp³-hybridized carbons (Fsp3) is 0.312. The van der Waals surface area contributed by atoms with Crippen LogP contribution in [0.5, 0.6) is 0 Å². The molecule has 0 spiro atoms. The second kappa shape index (κ2) is 8.45. The zero-order chi connectivity index (χ0) is 14.2. The molecule has 0 aliphatic carbocycles. The van der Waals surface area contributed by atoms with Crippen LogP contribution in [0.3, 0.4) is 0 Å². The van der Waals surface area contributed by atoms with Crippen molar-refractivity contribution in [3.63, 3.8) is 0 Å². The Morgan fingerprint density at radius 1 is 1.15 bits per heavy atom. The van der Waals surface area contributed by atoms with Crippen LogP contribution in [0.2, 0.25) is 0 Å². The number of aromatic nitrogens is 1. The summed E-state index contributed by atoms with van der Waals surface area (Å²) >= 11 is 5.22. The highest BCUT2D eigenvalue weighted by Gasteiger charge is 1.99. The van der Waals surface area contributed by atoms with E-state index in [-0.39, 0.29) is 0 Å². The van der Waals surface area contributed by atoms with Crippen molar-refractivity contribution in [2.24, 2.45) is 0 Å². The molecule has 20 heavy (non-hydrogen) atoms. The zero-order valence-electron chi connectivity index (χ0n) is 11.6. The van der Waals surface area contributed by atoms with E-state index in [1.807, 2.05) is 24.0 Å². The molecule has 106 valence electrons. The molecule has 2 rings (SSSR count). The predicted molar refractivity (Wildman–Crippen MR) is 89.9 cm³/mol. The maximum absolute atomic E-state index is 4.38. The van der Waals surface area contributed by atoms with E-state index in [1.54, 1.807) is 0 Å². The summed E-state index contributed by atoms with van der Waals surface area (Å²) < 4.78 is 1.02. The van der Waals surface area contributed by atoms with Gasteiger partial charge in [0.1, 0.15) is 0 Å². The summed E-state index contributed by atoms with van der Waals surface area (Å²) in [5.74, 6) is 0.903. The van der Waals surface area contributed by atoms with Crippen LogP contribution in [0.1, 0.15) is 24.6 Å². The Labute approximate surface area is 133 Å². The first-order valence-corrected chi connectivity index (χ1v) is 8.58. The molecule has 2 aromatic rings. The van der Waals surface area contributed by atoms with Gasteiger partial charge in [-0.1, -0.05) is 19.1 Å². The van der Waals surface area contributed by atoms with Gasteiger partial charge in [0.05, 0.1) is 5.69 Å². The number of nitrogens with zero attached hydrogens (tertiary/aromatic N) is 1. The molecular formula is C16H19BrN2S. The summed E-state index contributed by atoms with van der Waals surface area (Å²) in [5, 5.41) is 3.41. The molecule has 0 saturated heterocycles. The minimum atomic E-state index is 0.903. The molecular weight excluding hydrogens is 332 g/mol. The molecule has 2 nitrogen and oxygen atoms in total. The SMILES string of the molecule is CCCNCc1ccc(SCc2ccc(Br)cn2)cc1. The first kappa shape index (κ1) is 15.5. The highest BCUT2D eigenvalue weighted by atomic mass is 79.9. The summed E-state index contributed by atoms with van der Waals surface area (Å²) in [6.45, 7) is 4.21. The van der Waals surface area contributed by atoms with E-state index in [0.29, 0.717) is 0 Å². The third-order valence-corrected chi connectivity index (χ3v) is 4.37. The number of halogens is 1. The molecule has 0 unspecified atom stereocenters. The van der Waals surface area contributed by atoms with Gasteiger partial charge in [-0.25, -0.2) is 0 Å². The number of thioether (sulfide) groups is 1. The van der Waals surface area contributed by atoms with E-state index in [2.05, 4.69) is 63.5 Å². The number of nitrogens with one attached hydrogen (secondary N) is 1. The summed E-state index contributed by atoms with van der Waals surface area (Å²) in [6, 6.07) is 12.9. The maximum atomic E-state index is 4.38. The van der Waals surface area contributed by atoms with Crippen molar-refractivity contribution in [3.8, 4) is 0 Å². The van der Waals surface area contributed by atoms with Crippen LogP contribution >= 0.6 is 27.7 Å². The molecule has 1 N–H and O–H groups in total. The average Bonchev–Trinajstić information content (AvgIpc) is 2.48. The van der Waals surface area contributed by atoms with Crippen molar-refractivity contribution in [2.45, 2.75) is 30.5 Å². The maximum Gasteiger partial charge on any atom is 0.0507 e. The molecule has 0 fully saturated rings. The third kappa shape index (κ3) is 5.27. The molecule has 1 heterocycles. The van der Waals surface area contributed by atoms with Crippen molar-refractivity contribution in [1.82, 2.24) is 10.3 Å². The Balaban J connectivity index is 1.82. The number of benzene rings is 1. The first-order valence-electron chi connectivity index (χ1n) is 6.81. The largest absolute Gasteiger partial charge is 0.313 e. The lowest BCUT2D eigenvalue weighted by molar-refractivity contribution is 0.675. The van der Waals surface area contributed by atoms with Crippen molar-refractivity contribution in [3.05, 3.63) is 58.3 Å². The molecule has 1 aromatic heterocycles. The van der Waals surface area contributed by atoms with Gasteiger partial charge in [0.2, 0.25) is 0 Å². The summed E-state index contributed by atoms with van der Waals surface area (Å²) in [7, 11) is 0. The molecule has 0 amide bonds. The number of hydrogen-bond donors (Lipinski definition) is 1. The summed E-state index contributed by atoms with van der Waals surface area (Å²) in [5.41, 5.74) is 2.44. The van der Waals surface area contributed by atoms with E-state index in [0.717, 1.165) is 29.0 Å². The van der Waals surface area contributed by atoms with Gasteiger partial charge in [0.25, 0.3) is 0 Å². The van der Waals surface area contributed by atoms with Crippen LogP contribution < -0.4 is 5.32 Å². The van der Waals surface area contributed by atoms with E-state index in [4.69, 9.17) is 0 Å². The molecule has 0 atom stereocenters. The number of rotatable bonds is 7. The Kier molecular flexibility index (Phi) is 6.57. The van der Waals surface area contributed by atoms with Crippen molar-refractivity contribution >= 4 is 27.7 Å². The standard InChI is InChI=1S/C16H19BrN2S/c1-2-9-18-10-13-3-7-16(8-4-13)20-12-15-6-5-14(17)11-19-15/h3-8,11,18H,2,9-10,12H2,1H3. The Bertz CT molecular complexity index is 511. The number of hydrogen-bond acceptors (Lipinski definition) is 3. The normalized spacial score (nSPS) is 10.7. The highest BCUT2D eigenvalue weighted by Crippen LogP contribution is 2.22. The molecule has 1 aromatic carbocycles. The van der Waals surface area contributed by atoms with E-state index in [1.165, 1.54) is 16.9 Å². The quantitative estimate of drug-likeness (QED) is 0.581. The van der Waals surface area contributed by atoms with Gasteiger partial charge in [-0.05, 0) is 58.7 Å². The van der Waals surface area contributed by atoms with Gasteiger partial charge in [-0.15, -0.1) is 11.8 Å². The van der Waals surface area contributed by atoms with Crippen LogP contribution in [0.25, 0.3) is 0 Å². The van der Waals surface area contributed by atoms with Gasteiger partial charge in [0.15, 0.2) is 0 Å². The molecule has 0 aliphatic heterocycles. The van der Waals surface area contributed by atoms with Crippen LogP contribution in [-0.4, -0.2) is 11.5 Å². The van der Waals surface area contributed by atoms with Crippen LogP contribution in [0, 0.1) is 0 Å². The number of pyridine rings is 1. The zero-order valence-corrected chi connectivity index (χ0v) is 14.0. The van der Waals surface area contributed by atoms with Gasteiger partial charge >= 0.3 is 0 Å². The fourth-order valence-corrected chi connectivity index (χ4v) is 2.81. The topological polar surface area (TPSA) is 24.9 Å². The van der Waals surface area contributed by atoms with Crippen molar-refractivity contribution in [1.29, 1.82) is 0 Å². The molecule has 0 bridgehead atoms. The van der Waals surface area contributed by atoms with Crippen LogP contribution in [0.4, 0.5) is 0 Å². The highest BCUT2D eigenvalue weighted by molar-refractivity contribution is 9.10. The monoisotopic (exact) mass is 350 g/mol. The van der Waals surface area contributed by atoms with Crippen LogP contribution in [-0.2, 0) is 12.3 Å². The summed E-state index contributed by atoms with van der Waals surface area (Å²) in [4.78, 5) is 5.67. The summed E-state index contributed by atoms with van der Waals surface area (Å²) in [6.07, 6.45) is 3.02. The van der Waals surface area contributed by atoms with Gasteiger partial charge < -0.3 is 5.32 Å². The fourth-order valence-electron chi connectivity index (χ4n) is 1.76. The van der Waals surface area contributed by atoms with Gasteiger partial charge in [-0.2, -0.15) is 0 Å². The first-order chi connectivity index (χ1) is 9.78. The van der Waals surface area contributed by atoms with E-state index >= 15 is 0 Å². The molecule has 0 radical (unpaired) electrons. The molecule has 4 heteroatoms.